The van der Waals surface area contributed by atoms with E-state index in [2.05, 4.69) is 28.5 Å². The van der Waals surface area contributed by atoms with Gasteiger partial charge in [-0.1, -0.05) is 12.1 Å². The van der Waals surface area contributed by atoms with Gasteiger partial charge >= 0.3 is 0 Å². The van der Waals surface area contributed by atoms with Gasteiger partial charge in [-0.05, 0) is 37.9 Å². The molecule has 2 aromatic rings. The molecule has 0 radical (unpaired) electrons. The van der Waals surface area contributed by atoms with Crippen molar-refractivity contribution in [3.8, 4) is 0 Å². The van der Waals surface area contributed by atoms with Crippen LogP contribution in [0.2, 0.25) is 0 Å². The van der Waals surface area contributed by atoms with Crippen molar-refractivity contribution in [2.75, 3.05) is 19.7 Å². The van der Waals surface area contributed by atoms with Crippen LogP contribution in [0.15, 0.2) is 24.3 Å². The molecule has 4 heteroatoms. The van der Waals surface area contributed by atoms with Crippen molar-refractivity contribution in [2.24, 2.45) is 0 Å². The molecule has 2 rings (SSSR count). The molecule has 0 fully saturated rings. The molecule has 0 saturated heterocycles. The van der Waals surface area contributed by atoms with E-state index in [-0.39, 0.29) is 6.61 Å². The van der Waals surface area contributed by atoms with Crippen molar-refractivity contribution in [1.29, 1.82) is 0 Å². The number of aliphatic hydroxyl groups excluding tert-OH is 1. The van der Waals surface area contributed by atoms with Gasteiger partial charge in [-0.2, -0.15) is 0 Å². The molecule has 2 N–H and O–H groups in total. The van der Waals surface area contributed by atoms with Gasteiger partial charge in [0.15, 0.2) is 0 Å². The third-order valence-electron chi connectivity index (χ3n) is 2.62. The van der Waals surface area contributed by atoms with E-state index >= 15 is 0 Å². The molecule has 0 aliphatic rings. The quantitative estimate of drug-likeness (QED) is 0.741. The van der Waals surface area contributed by atoms with Gasteiger partial charge in [0, 0.05) is 6.54 Å². The van der Waals surface area contributed by atoms with Crippen molar-refractivity contribution in [1.82, 2.24) is 10.3 Å². The summed E-state index contributed by atoms with van der Waals surface area (Å²) in [5.41, 5.74) is 1.12. The van der Waals surface area contributed by atoms with Crippen molar-refractivity contribution >= 4 is 21.6 Å². The molecule has 0 saturated carbocycles. The third kappa shape index (κ3) is 3.77. The molecular formula is C13H18N2OS. The summed E-state index contributed by atoms with van der Waals surface area (Å²) < 4.78 is 1.28. The summed E-state index contributed by atoms with van der Waals surface area (Å²) in [4.78, 5) is 4.60. The standard InChI is InChI=1S/C13H18N2OS/c16-10-9-14-8-4-3-7-13-15-11-5-1-2-6-12(11)17-13/h1-2,5-6,14,16H,3-4,7-10H2. The van der Waals surface area contributed by atoms with Gasteiger partial charge in [0.1, 0.15) is 0 Å². The molecule has 92 valence electrons. The highest BCUT2D eigenvalue weighted by molar-refractivity contribution is 7.18. The topological polar surface area (TPSA) is 45.1 Å². The van der Waals surface area contributed by atoms with Crippen LogP contribution in [-0.4, -0.2) is 29.8 Å². The van der Waals surface area contributed by atoms with Gasteiger partial charge in [-0.3, -0.25) is 0 Å². The van der Waals surface area contributed by atoms with Crippen molar-refractivity contribution < 1.29 is 5.11 Å². The molecule has 0 bridgehead atoms. The first-order valence-electron chi connectivity index (χ1n) is 6.06. The predicted molar refractivity (Wildman–Crippen MR) is 72.5 cm³/mol. The van der Waals surface area contributed by atoms with Crippen LogP contribution in [0.4, 0.5) is 0 Å². The van der Waals surface area contributed by atoms with Crippen LogP contribution in [0.1, 0.15) is 17.8 Å². The average molecular weight is 250 g/mol. The van der Waals surface area contributed by atoms with E-state index in [1.165, 1.54) is 9.71 Å². The first kappa shape index (κ1) is 12.5. The van der Waals surface area contributed by atoms with Gasteiger partial charge in [0.2, 0.25) is 0 Å². The maximum absolute atomic E-state index is 8.61. The van der Waals surface area contributed by atoms with E-state index in [0.717, 1.165) is 31.3 Å². The lowest BCUT2D eigenvalue weighted by Crippen LogP contribution is -2.19. The van der Waals surface area contributed by atoms with E-state index in [9.17, 15) is 0 Å². The Kier molecular flexibility index (Phi) is 4.91. The number of nitrogens with one attached hydrogen (secondary N) is 1. The Bertz CT molecular complexity index is 422. The van der Waals surface area contributed by atoms with Crippen LogP contribution < -0.4 is 5.32 Å². The van der Waals surface area contributed by atoms with Gasteiger partial charge in [-0.15, -0.1) is 11.3 Å². The fourth-order valence-electron chi connectivity index (χ4n) is 1.76. The Balaban J connectivity index is 1.75. The zero-order valence-corrected chi connectivity index (χ0v) is 10.7. The Labute approximate surface area is 106 Å². The van der Waals surface area contributed by atoms with Gasteiger partial charge in [-0.25, -0.2) is 4.98 Å². The number of thiazole rings is 1. The second kappa shape index (κ2) is 6.69. The molecule has 0 spiro atoms. The molecule has 3 nitrogen and oxygen atoms in total. The summed E-state index contributed by atoms with van der Waals surface area (Å²) in [6.07, 6.45) is 3.34. The molecule has 0 aliphatic heterocycles. The highest BCUT2D eigenvalue weighted by Gasteiger charge is 2.02. The molecule has 1 aromatic heterocycles. The lowest BCUT2D eigenvalue weighted by atomic mass is 10.2. The van der Waals surface area contributed by atoms with E-state index in [0.29, 0.717) is 6.54 Å². The normalized spacial score (nSPS) is 11.1. The summed E-state index contributed by atoms with van der Waals surface area (Å²) in [5, 5.41) is 13.0. The zero-order chi connectivity index (χ0) is 11.9. The van der Waals surface area contributed by atoms with Crippen LogP contribution in [0.5, 0.6) is 0 Å². The molecule has 0 atom stereocenters. The number of rotatable bonds is 7. The zero-order valence-electron chi connectivity index (χ0n) is 9.85. The summed E-state index contributed by atoms with van der Waals surface area (Å²) in [6, 6.07) is 8.28. The van der Waals surface area contributed by atoms with E-state index in [1.807, 2.05) is 6.07 Å². The largest absolute Gasteiger partial charge is 0.395 e. The Morgan fingerprint density at radius 2 is 2.06 bits per heavy atom. The molecule has 1 heterocycles. The number of benzene rings is 1. The number of nitrogens with zero attached hydrogens (tertiary/aromatic N) is 1. The number of aromatic nitrogens is 1. The van der Waals surface area contributed by atoms with E-state index in [4.69, 9.17) is 5.11 Å². The third-order valence-corrected chi connectivity index (χ3v) is 3.72. The van der Waals surface area contributed by atoms with Crippen LogP contribution in [0.3, 0.4) is 0 Å². The van der Waals surface area contributed by atoms with Gasteiger partial charge in [0.05, 0.1) is 21.8 Å². The number of hydrogen-bond acceptors (Lipinski definition) is 4. The molecular weight excluding hydrogens is 232 g/mol. The average Bonchev–Trinajstić information content (AvgIpc) is 2.76. The van der Waals surface area contributed by atoms with Crippen LogP contribution >= 0.6 is 11.3 Å². The number of hydrogen-bond donors (Lipinski definition) is 2. The van der Waals surface area contributed by atoms with Crippen molar-refractivity contribution in [3.05, 3.63) is 29.3 Å². The maximum atomic E-state index is 8.61. The Hall–Kier alpha value is -0.970. The minimum absolute atomic E-state index is 0.220. The molecule has 17 heavy (non-hydrogen) atoms. The number of aliphatic hydroxyl groups is 1. The first-order valence-corrected chi connectivity index (χ1v) is 6.88. The summed E-state index contributed by atoms with van der Waals surface area (Å²) in [7, 11) is 0. The van der Waals surface area contributed by atoms with Gasteiger partial charge < -0.3 is 10.4 Å². The maximum Gasteiger partial charge on any atom is 0.0938 e. The fraction of sp³-hybridized carbons (Fsp3) is 0.462. The van der Waals surface area contributed by atoms with E-state index in [1.54, 1.807) is 11.3 Å². The summed E-state index contributed by atoms with van der Waals surface area (Å²) >= 11 is 1.79. The number of unbranched alkanes of at least 4 members (excludes halogenated alkanes) is 1. The Morgan fingerprint density at radius 3 is 2.88 bits per heavy atom. The highest BCUT2D eigenvalue weighted by atomic mass is 32.1. The molecule has 1 aromatic carbocycles. The summed E-state index contributed by atoms with van der Waals surface area (Å²) in [6.45, 7) is 1.89. The van der Waals surface area contributed by atoms with Crippen LogP contribution in [-0.2, 0) is 6.42 Å². The van der Waals surface area contributed by atoms with Crippen LogP contribution in [0.25, 0.3) is 10.2 Å². The summed E-state index contributed by atoms with van der Waals surface area (Å²) in [5.74, 6) is 0. The lowest BCUT2D eigenvalue weighted by molar-refractivity contribution is 0.292. The molecule has 0 amide bonds. The lowest BCUT2D eigenvalue weighted by Gasteiger charge is -2.00. The minimum atomic E-state index is 0.220. The second-order valence-electron chi connectivity index (χ2n) is 4.01. The Morgan fingerprint density at radius 1 is 1.18 bits per heavy atom. The predicted octanol–water partition coefficient (Wildman–Crippen LogP) is 2.20. The van der Waals surface area contributed by atoms with Crippen molar-refractivity contribution in [2.45, 2.75) is 19.3 Å². The second-order valence-corrected chi connectivity index (χ2v) is 5.12. The van der Waals surface area contributed by atoms with Crippen molar-refractivity contribution in [3.63, 3.8) is 0 Å². The number of fused-ring (bicyclic) bond motifs is 1. The smallest absolute Gasteiger partial charge is 0.0938 e. The molecule has 0 unspecified atom stereocenters. The van der Waals surface area contributed by atoms with E-state index < -0.39 is 0 Å². The number of aryl methyl sites for hydroxylation is 1. The monoisotopic (exact) mass is 250 g/mol. The first-order chi connectivity index (χ1) is 8.40. The SMILES string of the molecule is OCCNCCCCc1nc2ccccc2s1. The number of para-hydroxylation sites is 1. The highest BCUT2D eigenvalue weighted by Crippen LogP contribution is 2.22. The van der Waals surface area contributed by atoms with Gasteiger partial charge in [0.25, 0.3) is 0 Å². The molecule has 0 aliphatic carbocycles. The minimum Gasteiger partial charge on any atom is -0.395 e. The van der Waals surface area contributed by atoms with Crippen LogP contribution in [0, 0.1) is 0 Å². The fourth-order valence-corrected chi connectivity index (χ4v) is 2.77.